The van der Waals surface area contributed by atoms with E-state index in [1.807, 2.05) is 30.3 Å². The second kappa shape index (κ2) is 6.86. The SMILES string of the molecule is COc1ccccc1C=NNC(=O)c1ccccc1Br. The molecular formula is C15H13BrN2O2. The summed E-state index contributed by atoms with van der Waals surface area (Å²) in [6, 6.07) is 14.6. The minimum atomic E-state index is -0.274. The Morgan fingerprint density at radius 1 is 1.20 bits per heavy atom. The zero-order chi connectivity index (χ0) is 14.4. The maximum Gasteiger partial charge on any atom is 0.272 e. The zero-order valence-corrected chi connectivity index (χ0v) is 12.4. The Morgan fingerprint density at radius 2 is 1.90 bits per heavy atom. The molecule has 0 unspecified atom stereocenters. The Balaban J connectivity index is 2.07. The third-order valence-corrected chi connectivity index (χ3v) is 3.32. The molecule has 2 rings (SSSR count). The van der Waals surface area contributed by atoms with Gasteiger partial charge in [-0.3, -0.25) is 4.79 Å². The lowest BCUT2D eigenvalue weighted by molar-refractivity contribution is 0.0954. The van der Waals surface area contributed by atoms with Crippen molar-refractivity contribution in [3.8, 4) is 5.75 Å². The minimum Gasteiger partial charge on any atom is -0.496 e. The fourth-order valence-corrected chi connectivity index (χ4v) is 2.10. The molecule has 2 aromatic rings. The van der Waals surface area contributed by atoms with E-state index in [0.29, 0.717) is 11.3 Å². The van der Waals surface area contributed by atoms with Crippen molar-refractivity contribution in [1.29, 1.82) is 0 Å². The topological polar surface area (TPSA) is 50.7 Å². The first kappa shape index (κ1) is 14.3. The van der Waals surface area contributed by atoms with Gasteiger partial charge in [0.15, 0.2) is 0 Å². The first-order valence-corrected chi connectivity index (χ1v) is 6.72. The van der Waals surface area contributed by atoms with Crippen molar-refractivity contribution in [2.45, 2.75) is 0 Å². The van der Waals surface area contributed by atoms with Gasteiger partial charge < -0.3 is 4.74 Å². The summed E-state index contributed by atoms with van der Waals surface area (Å²) in [7, 11) is 1.59. The van der Waals surface area contributed by atoms with Crippen LogP contribution < -0.4 is 10.2 Å². The van der Waals surface area contributed by atoms with Gasteiger partial charge in [-0.05, 0) is 40.2 Å². The minimum absolute atomic E-state index is 0.274. The van der Waals surface area contributed by atoms with Gasteiger partial charge in [0, 0.05) is 10.0 Å². The lowest BCUT2D eigenvalue weighted by Crippen LogP contribution is -2.18. The number of benzene rings is 2. The first-order valence-electron chi connectivity index (χ1n) is 5.93. The van der Waals surface area contributed by atoms with Crippen LogP contribution in [0.4, 0.5) is 0 Å². The molecule has 0 bridgehead atoms. The second-order valence-corrected chi connectivity index (χ2v) is 4.78. The Bertz CT molecular complexity index is 641. The van der Waals surface area contributed by atoms with Gasteiger partial charge in [0.2, 0.25) is 0 Å². The van der Waals surface area contributed by atoms with E-state index in [4.69, 9.17) is 4.74 Å². The first-order chi connectivity index (χ1) is 9.72. The summed E-state index contributed by atoms with van der Waals surface area (Å²) >= 11 is 3.32. The van der Waals surface area contributed by atoms with Crippen LogP contribution in [0.5, 0.6) is 5.75 Å². The van der Waals surface area contributed by atoms with E-state index < -0.39 is 0 Å². The van der Waals surface area contributed by atoms with Crippen molar-refractivity contribution < 1.29 is 9.53 Å². The molecule has 102 valence electrons. The molecular weight excluding hydrogens is 320 g/mol. The molecule has 0 aromatic heterocycles. The maximum absolute atomic E-state index is 11.9. The van der Waals surface area contributed by atoms with E-state index in [-0.39, 0.29) is 5.91 Å². The molecule has 0 aliphatic rings. The van der Waals surface area contributed by atoms with E-state index in [0.717, 1.165) is 10.0 Å². The summed E-state index contributed by atoms with van der Waals surface area (Å²) in [5.74, 6) is 0.426. The summed E-state index contributed by atoms with van der Waals surface area (Å²) in [4.78, 5) is 11.9. The van der Waals surface area contributed by atoms with Crippen molar-refractivity contribution in [2.24, 2.45) is 5.10 Å². The number of nitrogens with zero attached hydrogens (tertiary/aromatic N) is 1. The van der Waals surface area contributed by atoms with Crippen molar-refractivity contribution in [3.05, 3.63) is 64.1 Å². The molecule has 0 saturated heterocycles. The van der Waals surface area contributed by atoms with Crippen LogP contribution in [-0.4, -0.2) is 19.2 Å². The van der Waals surface area contributed by atoms with Gasteiger partial charge in [0.05, 0.1) is 18.9 Å². The number of hydrogen-bond donors (Lipinski definition) is 1. The van der Waals surface area contributed by atoms with Gasteiger partial charge in [-0.15, -0.1) is 0 Å². The molecule has 0 aliphatic heterocycles. The van der Waals surface area contributed by atoms with Crippen LogP contribution in [0.15, 0.2) is 58.1 Å². The van der Waals surface area contributed by atoms with E-state index in [1.165, 1.54) is 0 Å². The van der Waals surface area contributed by atoms with E-state index in [2.05, 4.69) is 26.5 Å². The predicted molar refractivity (Wildman–Crippen MR) is 82.2 cm³/mol. The van der Waals surface area contributed by atoms with Gasteiger partial charge in [-0.1, -0.05) is 24.3 Å². The molecule has 0 atom stereocenters. The summed E-state index contributed by atoms with van der Waals surface area (Å²) < 4.78 is 5.92. The lowest BCUT2D eigenvalue weighted by atomic mass is 10.2. The Labute approximate surface area is 125 Å². The van der Waals surface area contributed by atoms with Gasteiger partial charge in [-0.2, -0.15) is 5.10 Å². The van der Waals surface area contributed by atoms with E-state index >= 15 is 0 Å². The average Bonchev–Trinajstić information content (AvgIpc) is 2.48. The Hall–Kier alpha value is -2.14. The fourth-order valence-electron chi connectivity index (χ4n) is 1.64. The van der Waals surface area contributed by atoms with Gasteiger partial charge >= 0.3 is 0 Å². The highest BCUT2D eigenvalue weighted by Gasteiger charge is 2.07. The highest BCUT2D eigenvalue weighted by atomic mass is 79.9. The lowest BCUT2D eigenvalue weighted by Gasteiger charge is -2.04. The number of halogens is 1. The Morgan fingerprint density at radius 3 is 2.65 bits per heavy atom. The third kappa shape index (κ3) is 3.45. The molecule has 0 fully saturated rings. The molecule has 0 radical (unpaired) electrons. The third-order valence-electron chi connectivity index (χ3n) is 2.63. The molecule has 5 heteroatoms. The zero-order valence-electron chi connectivity index (χ0n) is 10.8. The number of ether oxygens (including phenoxy) is 1. The van der Waals surface area contributed by atoms with Crippen molar-refractivity contribution >= 4 is 28.1 Å². The summed E-state index contributed by atoms with van der Waals surface area (Å²) in [6.07, 6.45) is 1.55. The van der Waals surface area contributed by atoms with Crippen LogP contribution in [0.25, 0.3) is 0 Å². The number of hydrazone groups is 1. The highest BCUT2D eigenvalue weighted by molar-refractivity contribution is 9.10. The molecule has 1 N–H and O–H groups in total. The standard InChI is InChI=1S/C15H13BrN2O2/c1-20-14-9-5-2-6-11(14)10-17-18-15(19)12-7-3-4-8-13(12)16/h2-10H,1H3,(H,18,19). The summed E-state index contributed by atoms with van der Waals surface area (Å²) in [6.45, 7) is 0. The normalized spacial score (nSPS) is 10.5. The fraction of sp³-hybridized carbons (Fsp3) is 0.0667. The monoisotopic (exact) mass is 332 g/mol. The molecule has 0 aliphatic carbocycles. The predicted octanol–water partition coefficient (Wildman–Crippen LogP) is 3.22. The molecule has 1 amide bonds. The Kier molecular flexibility index (Phi) is 4.90. The smallest absolute Gasteiger partial charge is 0.272 e. The largest absolute Gasteiger partial charge is 0.496 e. The molecule has 20 heavy (non-hydrogen) atoms. The number of carbonyl (C=O) groups is 1. The van der Waals surface area contributed by atoms with Crippen LogP contribution in [0, 0.1) is 0 Å². The number of nitrogens with one attached hydrogen (secondary N) is 1. The van der Waals surface area contributed by atoms with E-state index in [9.17, 15) is 4.79 Å². The van der Waals surface area contributed by atoms with Crippen molar-refractivity contribution in [3.63, 3.8) is 0 Å². The van der Waals surface area contributed by atoms with Crippen LogP contribution in [0.3, 0.4) is 0 Å². The second-order valence-electron chi connectivity index (χ2n) is 3.92. The summed E-state index contributed by atoms with van der Waals surface area (Å²) in [5.41, 5.74) is 3.81. The van der Waals surface area contributed by atoms with E-state index in [1.54, 1.807) is 31.5 Å². The maximum atomic E-state index is 11.9. The molecule has 0 saturated carbocycles. The number of carbonyl (C=O) groups excluding carboxylic acids is 1. The highest BCUT2D eigenvalue weighted by Crippen LogP contribution is 2.16. The van der Waals surface area contributed by atoms with Gasteiger partial charge in [-0.25, -0.2) is 5.43 Å². The van der Waals surface area contributed by atoms with Crippen LogP contribution in [0.1, 0.15) is 15.9 Å². The van der Waals surface area contributed by atoms with Crippen molar-refractivity contribution in [1.82, 2.24) is 5.43 Å². The average molecular weight is 333 g/mol. The number of rotatable bonds is 4. The molecule has 2 aromatic carbocycles. The number of amides is 1. The molecule has 0 spiro atoms. The number of hydrogen-bond acceptors (Lipinski definition) is 3. The van der Waals surface area contributed by atoms with Crippen molar-refractivity contribution in [2.75, 3.05) is 7.11 Å². The molecule has 4 nitrogen and oxygen atoms in total. The quantitative estimate of drug-likeness (QED) is 0.690. The van der Waals surface area contributed by atoms with Gasteiger partial charge in [0.25, 0.3) is 5.91 Å². The number of methoxy groups -OCH3 is 1. The van der Waals surface area contributed by atoms with Crippen LogP contribution in [0.2, 0.25) is 0 Å². The van der Waals surface area contributed by atoms with Gasteiger partial charge in [0.1, 0.15) is 5.75 Å². The molecule has 0 heterocycles. The summed E-state index contributed by atoms with van der Waals surface area (Å²) in [5, 5.41) is 3.94. The van der Waals surface area contributed by atoms with Crippen LogP contribution >= 0.6 is 15.9 Å². The van der Waals surface area contributed by atoms with Crippen LogP contribution in [-0.2, 0) is 0 Å². The number of para-hydroxylation sites is 1.